The summed E-state index contributed by atoms with van der Waals surface area (Å²) in [5.41, 5.74) is 4.59. The highest BCUT2D eigenvalue weighted by molar-refractivity contribution is 5.43. The van der Waals surface area contributed by atoms with Gasteiger partial charge in [-0.2, -0.15) is 0 Å². The van der Waals surface area contributed by atoms with Gasteiger partial charge in [-0.25, -0.2) is 0 Å². The van der Waals surface area contributed by atoms with E-state index in [1.165, 1.54) is 11.1 Å². The van der Waals surface area contributed by atoms with Crippen LogP contribution in [0, 0.1) is 37.5 Å². The van der Waals surface area contributed by atoms with Crippen molar-refractivity contribution in [2.75, 3.05) is 0 Å². The molecule has 0 aromatic heterocycles. The molecule has 0 radical (unpaired) electrons. The van der Waals surface area contributed by atoms with Crippen LogP contribution in [-0.2, 0) is 0 Å². The molecule has 2 aromatic rings. The lowest BCUT2D eigenvalue weighted by Gasteiger charge is -1.94. The summed E-state index contributed by atoms with van der Waals surface area (Å²) in [6, 6.07) is 16.3. The number of aryl methyl sites for hydroxylation is 2. The molecule has 0 amide bonds. The van der Waals surface area contributed by atoms with Crippen molar-refractivity contribution in [2.24, 2.45) is 0 Å². The average Bonchev–Trinajstić information content (AvgIpc) is 2.61. The third-order valence-corrected chi connectivity index (χ3v) is 2.91. The summed E-state index contributed by atoms with van der Waals surface area (Å²) in [7, 11) is 0. The zero-order valence-electron chi connectivity index (χ0n) is 15.3. The Kier molecular flexibility index (Phi) is 11.8. The standard InChI is InChI=1S/C19H16.2C2H6/c1-16-10-6-8-14-18(16)12-4-3-5-13-19-15-9-7-11-17(19)2;2*1-2/h6-11,14-15H,3H2,1-2H3;2*1-2H3. The van der Waals surface area contributed by atoms with Gasteiger partial charge >= 0.3 is 0 Å². The summed E-state index contributed by atoms with van der Waals surface area (Å²) in [6.45, 7) is 12.1. The van der Waals surface area contributed by atoms with Crippen LogP contribution in [0.1, 0.15) is 56.4 Å². The Bertz CT molecular complexity index is 623. The summed E-state index contributed by atoms with van der Waals surface area (Å²) in [6.07, 6.45) is 0.600. The van der Waals surface area contributed by atoms with Gasteiger partial charge in [-0.1, -0.05) is 87.8 Å². The highest BCUT2D eigenvalue weighted by Gasteiger charge is 1.90. The molecule has 0 saturated carbocycles. The Morgan fingerprint density at radius 1 is 0.609 bits per heavy atom. The predicted molar refractivity (Wildman–Crippen MR) is 103 cm³/mol. The first-order chi connectivity index (χ1) is 11.3. The van der Waals surface area contributed by atoms with Gasteiger partial charge in [0.05, 0.1) is 6.42 Å². The molecule has 0 aliphatic rings. The van der Waals surface area contributed by atoms with E-state index in [0.29, 0.717) is 6.42 Å². The van der Waals surface area contributed by atoms with Crippen LogP contribution in [0.15, 0.2) is 48.5 Å². The molecule has 0 N–H and O–H groups in total. The molecule has 0 unspecified atom stereocenters. The highest BCUT2D eigenvalue weighted by Crippen LogP contribution is 2.05. The summed E-state index contributed by atoms with van der Waals surface area (Å²) >= 11 is 0. The van der Waals surface area contributed by atoms with Crippen LogP contribution in [-0.4, -0.2) is 0 Å². The second-order valence-corrected chi connectivity index (χ2v) is 4.41. The first kappa shape index (κ1) is 20.6. The van der Waals surface area contributed by atoms with Crippen molar-refractivity contribution < 1.29 is 0 Å². The Morgan fingerprint density at radius 2 is 0.957 bits per heavy atom. The molecule has 0 bridgehead atoms. The van der Waals surface area contributed by atoms with Crippen molar-refractivity contribution >= 4 is 0 Å². The summed E-state index contributed by atoms with van der Waals surface area (Å²) in [5, 5.41) is 0. The SMILES string of the molecule is CC.CC.Cc1ccccc1C#CCC#Cc1ccccc1C. The van der Waals surface area contributed by atoms with Gasteiger partial charge in [0.2, 0.25) is 0 Å². The highest BCUT2D eigenvalue weighted by atomic mass is 13.9. The molecule has 2 rings (SSSR count). The van der Waals surface area contributed by atoms with Gasteiger partial charge in [-0.05, 0) is 37.1 Å². The van der Waals surface area contributed by atoms with E-state index in [4.69, 9.17) is 0 Å². The van der Waals surface area contributed by atoms with Crippen molar-refractivity contribution in [1.82, 2.24) is 0 Å². The fraction of sp³-hybridized carbons (Fsp3) is 0.304. The molecule has 0 fully saturated rings. The lowest BCUT2D eigenvalue weighted by Crippen LogP contribution is -1.80. The average molecular weight is 304 g/mol. The lowest BCUT2D eigenvalue weighted by atomic mass is 10.1. The van der Waals surface area contributed by atoms with Gasteiger partial charge in [0.25, 0.3) is 0 Å². The quantitative estimate of drug-likeness (QED) is 0.512. The Labute approximate surface area is 143 Å². The Morgan fingerprint density at radius 3 is 1.30 bits per heavy atom. The second kappa shape index (κ2) is 13.2. The molecule has 23 heavy (non-hydrogen) atoms. The molecule has 0 aliphatic heterocycles. The molecule has 0 aliphatic carbocycles. The fourth-order valence-electron chi connectivity index (χ4n) is 1.75. The zero-order chi connectivity index (χ0) is 17.5. The van der Waals surface area contributed by atoms with E-state index in [9.17, 15) is 0 Å². The van der Waals surface area contributed by atoms with Gasteiger partial charge < -0.3 is 0 Å². The number of benzene rings is 2. The van der Waals surface area contributed by atoms with E-state index in [0.717, 1.165) is 11.1 Å². The van der Waals surface area contributed by atoms with Gasteiger partial charge in [0.15, 0.2) is 0 Å². The molecule has 0 saturated heterocycles. The zero-order valence-corrected chi connectivity index (χ0v) is 15.3. The molecule has 0 heterocycles. The van der Waals surface area contributed by atoms with E-state index in [1.54, 1.807) is 0 Å². The van der Waals surface area contributed by atoms with E-state index in [1.807, 2.05) is 64.1 Å². The molecule has 120 valence electrons. The minimum atomic E-state index is 0.600. The fourth-order valence-corrected chi connectivity index (χ4v) is 1.75. The van der Waals surface area contributed by atoms with Crippen LogP contribution in [0.3, 0.4) is 0 Å². The molecule has 2 aromatic carbocycles. The van der Waals surface area contributed by atoms with Gasteiger partial charge in [-0.3, -0.25) is 0 Å². The molecular formula is C23H28. The largest absolute Gasteiger partial charge is 0.0848 e. The van der Waals surface area contributed by atoms with E-state index in [2.05, 4.69) is 49.7 Å². The third kappa shape index (κ3) is 7.94. The second-order valence-electron chi connectivity index (χ2n) is 4.41. The summed E-state index contributed by atoms with van der Waals surface area (Å²) in [4.78, 5) is 0. The predicted octanol–water partition coefficient (Wildman–Crippen LogP) is 6.15. The van der Waals surface area contributed by atoms with Gasteiger partial charge in [0.1, 0.15) is 0 Å². The topological polar surface area (TPSA) is 0 Å². The first-order valence-electron chi connectivity index (χ1n) is 8.36. The van der Waals surface area contributed by atoms with Crippen LogP contribution in [0.4, 0.5) is 0 Å². The van der Waals surface area contributed by atoms with Gasteiger partial charge in [0, 0.05) is 11.1 Å². The van der Waals surface area contributed by atoms with Crippen LogP contribution < -0.4 is 0 Å². The van der Waals surface area contributed by atoms with Gasteiger partial charge in [-0.15, -0.1) is 0 Å². The van der Waals surface area contributed by atoms with Crippen LogP contribution in [0.5, 0.6) is 0 Å². The maximum atomic E-state index is 3.16. The van der Waals surface area contributed by atoms with Crippen LogP contribution in [0.25, 0.3) is 0 Å². The Balaban J connectivity index is 0.00000112. The molecular weight excluding hydrogens is 276 g/mol. The van der Waals surface area contributed by atoms with Crippen molar-refractivity contribution in [3.05, 3.63) is 70.8 Å². The number of hydrogen-bond acceptors (Lipinski definition) is 0. The molecule has 0 nitrogen and oxygen atoms in total. The first-order valence-corrected chi connectivity index (χ1v) is 8.36. The van der Waals surface area contributed by atoms with Crippen molar-refractivity contribution in [3.8, 4) is 23.7 Å². The number of hydrogen-bond donors (Lipinski definition) is 0. The van der Waals surface area contributed by atoms with Crippen LogP contribution in [0.2, 0.25) is 0 Å². The number of rotatable bonds is 0. The maximum Gasteiger partial charge on any atom is 0.0710 e. The summed E-state index contributed by atoms with van der Waals surface area (Å²) < 4.78 is 0. The van der Waals surface area contributed by atoms with E-state index in [-0.39, 0.29) is 0 Å². The van der Waals surface area contributed by atoms with Crippen LogP contribution >= 0.6 is 0 Å². The Hall–Kier alpha value is -2.44. The lowest BCUT2D eigenvalue weighted by molar-refractivity contribution is 1.42. The van der Waals surface area contributed by atoms with E-state index >= 15 is 0 Å². The van der Waals surface area contributed by atoms with Crippen molar-refractivity contribution in [1.29, 1.82) is 0 Å². The van der Waals surface area contributed by atoms with Crippen molar-refractivity contribution in [3.63, 3.8) is 0 Å². The monoisotopic (exact) mass is 304 g/mol. The maximum absolute atomic E-state index is 3.16. The minimum Gasteiger partial charge on any atom is -0.0848 e. The smallest absolute Gasteiger partial charge is 0.0710 e. The molecule has 0 spiro atoms. The minimum absolute atomic E-state index is 0.600. The van der Waals surface area contributed by atoms with Crippen molar-refractivity contribution in [2.45, 2.75) is 48.0 Å². The normalized spacial score (nSPS) is 7.91. The van der Waals surface area contributed by atoms with E-state index < -0.39 is 0 Å². The molecule has 0 atom stereocenters. The summed E-state index contributed by atoms with van der Waals surface area (Å²) in [5.74, 6) is 12.5. The molecule has 0 heteroatoms. The third-order valence-electron chi connectivity index (χ3n) is 2.91.